The van der Waals surface area contributed by atoms with Crippen molar-refractivity contribution in [2.45, 2.75) is 25.2 Å². The van der Waals surface area contributed by atoms with E-state index >= 15 is 8.78 Å². The van der Waals surface area contributed by atoms with Gasteiger partial charge in [0, 0.05) is 30.7 Å². The Kier molecular flexibility index (Phi) is 8.21. The maximum Gasteiger partial charge on any atom is 0.335 e. The zero-order valence-electron chi connectivity index (χ0n) is 23.8. The van der Waals surface area contributed by atoms with Crippen LogP contribution in [-0.4, -0.2) is 52.0 Å². The molecule has 1 saturated heterocycles. The van der Waals surface area contributed by atoms with Crippen molar-refractivity contribution in [3.63, 3.8) is 0 Å². The van der Waals surface area contributed by atoms with Crippen LogP contribution >= 0.6 is 0 Å². The summed E-state index contributed by atoms with van der Waals surface area (Å²) in [5.74, 6) is -2.69. The highest BCUT2D eigenvalue weighted by molar-refractivity contribution is 5.92. The largest absolute Gasteiger partial charge is 0.478 e. The molecule has 0 unspecified atom stereocenters. The zero-order chi connectivity index (χ0) is 31.7. The van der Waals surface area contributed by atoms with Crippen LogP contribution in [0.2, 0.25) is 0 Å². The first-order valence-electron chi connectivity index (χ1n) is 13.9. The highest BCUT2D eigenvalue weighted by Gasteiger charge is 2.33. The molecule has 0 spiro atoms. The van der Waals surface area contributed by atoms with Gasteiger partial charge in [0.1, 0.15) is 36.0 Å². The van der Waals surface area contributed by atoms with E-state index in [0.717, 1.165) is 18.2 Å². The van der Waals surface area contributed by atoms with E-state index in [1.165, 1.54) is 36.4 Å². The number of fused-ring (bicyclic) bond motifs is 1. The zero-order valence-corrected chi connectivity index (χ0v) is 23.8. The quantitative estimate of drug-likeness (QED) is 0.220. The van der Waals surface area contributed by atoms with E-state index in [1.54, 1.807) is 23.8 Å². The van der Waals surface area contributed by atoms with Gasteiger partial charge in [0.05, 0.1) is 53.2 Å². The van der Waals surface area contributed by atoms with Crippen LogP contribution in [0.1, 0.15) is 38.9 Å². The van der Waals surface area contributed by atoms with Gasteiger partial charge in [-0.25, -0.2) is 27.9 Å². The van der Waals surface area contributed by atoms with E-state index in [4.69, 9.17) is 19.5 Å². The number of pyridine rings is 1. The van der Waals surface area contributed by atoms with Crippen molar-refractivity contribution in [3.05, 3.63) is 112 Å². The summed E-state index contributed by atoms with van der Waals surface area (Å²) >= 11 is 0. The van der Waals surface area contributed by atoms with E-state index in [-0.39, 0.29) is 71.2 Å². The van der Waals surface area contributed by atoms with Gasteiger partial charge in [0.15, 0.2) is 0 Å². The molecule has 228 valence electrons. The van der Waals surface area contributed by atoms with Crippen molar-refractivity contribution in [3.8, 4) is 23.2 Å². The Hall–Kier alpha value is -5.25. The van der Waals surface area contributed by atoms with Crippen molar-refractivity contribution in [2.24, 2.45) is 0 Å². The average Bonchev–Trinajstić information content (AvgIpc) is 3.65. The molecule has 9 nitrogen and oxygen atoms in total. The number of halogens is 3. The highest BCUT2D eigenvalue weighted by atomic mass is 19.1. The molecule has 45 heavy (non-hydrogen) atoms. The van der Waals surface area contributed by atoms with Gasteiger partial charge in [-0.05, 0) is 54.1 Å². The molecule has 0 bridgehead atoms. The third-order valence-electron chi connectivity index (χ3n) is 7.69. The number of aromatic nitrogens is 3. The molecule has 5 aromatic rings. The van der Waals surface area contributed by atoms with Crippen LogP contribution in [0, 0.1) is 28.8 Å². The van der Waals surface area contributed by atoms with Crippen molar-refractivity contribution in [2.75, 3.05) is 20.3 Å². The molecule has 0 amide bonds. The second-order valence-corrected chi connectivity index (χ2v) is 10.5. The van der Waals surface area contributed by atoms with Gasteiger partial charge >= 0.3 is 5.97 Å². The molecule has 6 rings (SSSR count). The first-order chi connectivity index (χ1) is 21.7. The molecule has 1 aliphatic rings. The van der Waals surface area contributed by atoms with Gasteiger partial charge < -0.3 is 23.9 Å². The molecule has 3 heterocycles. The molecule has 1 aliphatic heterocycles. The molecule has 12 heteroatoms. The number of carboxylic acid groups (broad SMARTS) is 1. The Bertz CT molecular complexity index is 1970. The summed E-state index contributed by atoms with van der Waals surface area (Å²) in [4.78, 5) is 20.6. The Morgan fingerprint density at radius 1 is 1.02 bits per heavy atom. The van der Waals surface area contributed by atoms with E-state index in [0.29, 0.717) is 23.5 Å². The fraction of sp³-hybridized carbons (Fsp3) is 0.212. The molecule has 3 aromatic carbocycles. The van der Waals surface area contributed by atoms with Crippen molar-refractivity contribution >= 4 is 17.0 Å². The molecule has 2 atom stereocenters. The minimum Gasteiger partial charge on any atom is -0.478 e. The van der Waals surface area contributed by atoms with E-state index in [1.807, 2.05) is 6.07 Å². The summed E-state index contributed by atoms with van der Waals surface area (Å²) in [6, 6.07) is 16.7. The minimum absolute atomic E-state index is 0.0304. The van der Waals surface area contributed by atoms with Crippen LogP contribution < -0.4 is 4.74 Å². The molecule has 0 saturated carbocycles. The summed E-state index contributed by atoms with van der Waals surface area (Å²) in [6.45, 7) is 0.398. The third-order valence-corrected chi connectivity index (χ3v) is 7.69. The van der Waals surface area contributed by atoms with Gasteiger partial charge in [0.25, 0.3) is 0 Å². The number of benzene rings is 3. The van der Waals surface area contributed by atoms with Crippen LogP contribution in [0.25, 0.3) is 22.3 Å². The summed E-state index contributed by atoms with van der Waals surface area (Å²) in [7, 11) is 1.54. The van der Waals surface area contributed by atoms with E-state index in [9.17, 15) is 14.3 Å². The smallest absolute Gasteiger partial charge is 0.335 e. The lowest BCUT2D eigenvalue weighted by Crippen LogP contribution is -2.26. The molecular weight excluding hydrogens is 589 g/mol. The maximum absolute atomic E-state index is 15.6. The second kappa shape index (κ2) is 12.4. The molecule has 1 fully saturated rings. The SMILES string of the molecule is CO[C@H]1COC[C@@H]1n1c(Cc2cc(F)c(-c3cccc(OCc4ccc(C#N)cc4F)n3)cc2F)nc2ccc(C(=O)O)cc21. The molecular formula is C33H25F3N4O5. The fourth-order valence-electron chi connectivity index (χ4n) is 5.38. The predicted molar refractivity (Wildman–Crippen MR) is 155 cm³/mol. The summed E-state index contributed by atoms with van der Waals surface area (Å²) < 4.78 is 64.0. The number of methoxy groups -OCH3 is 1. The number of hydrogen-bond donors (Lipinski definition) is 1. The maximum atomic E-state index is 15.6. The highest BCUT2D eigenvalue weighted by Crippen LogP contribution is 2.32. The minimum atomic E-state index is -1.11. The second-order valence-electron chi connectivity index (χ2n) is 10.5. The number of nitrogens with zero attached hydrogens (tertiary/aromatic N) is 4. The van der Waals surface area contributed by atoms with Crippen molar-refractivity contribution in [1.82, 2.24) is 14.5 Å². The molecule has 2 aromatic heterocycles. The number of imidazole rings is 1. The molecule has 0 radical (unpaired) electrons. The van der Waals surface area contributed by atoms with Crippen molar-refractivity contribution in [1.29, 1.82) is 5.26 Å². The number of aromatic carboxylic acids is 1. The predicted octanol–water partition coefficient (Wildman–Crippen LogP) is 5.84. The Labute approximate surface area is 255 Å². The number of carboxylic acids is 1. The number of nitriles is 1. The molecule has 1 N–H and O–H groups in total. The van der Waals surface area contributed by atoms with Crippen LogP contribution in [0.4, 0.5) is 13.2 Å². The first kappa shape index (κ1) is 29.8. The Morgan fingerprint density at radius 2 is 1.84 bits per heavy atom. The summed E-state index contributed by atoms with van der Waals surface area (Å²) in [6.07, 6.45) is -0.452. The lowest BCUT2D eigenvalue weighted by molar-refractivity contribution is 0.0687. The Morgan fingerprint density at radius 3 is 2.60 bits per heavy atom. The van der Waals surface area contributed by atoms with Crippen molar-refractivity contribution < 1.29 is 37.3 Å². The lowest BCUT2D eigenvalue weighted by atomic mass is 10.0. The van der Waals surface area contributed by atoms with Gasteiger partial charge in [-0.3, -0.25) is 0 Å². The van der Waals surface area contributed by atoms with Crippen LogP contribution in [0.15, 0.2) is 66.7 Å². The van der Waals surface area contributed by atoms with E-state index in [2.05, 4.69) is 9.97 Å². The topological polar surface area (TPSA) is 119 Å². The molecule has 0 aliphatic carbocycles. The number of carbonyl (C=O) groups is 1. The van der Waals surface area contributed by atoms with Crippen LogP contribution in [0.3, 0.4) is 0 Å². The van der Waals surface area contributed by atoms with Crippen LogP contribution in [-0.2, 0) is 22.5 Å². The first-order valence-corrected chi connectivity index (χ1v) is 13.9. The van der Waals surface area contributed by atoms with Gasteiger partial charge in [-0.2, -0.15) is 5.26 Å². The monoisotopic (exact) mass is 614 g/mol. The fourth-order valence-corrected chi connectivity index (χ4v) is 5.38. The van der Waals surface area contributed by atoms with E-state index < -0.39 is 23.4 Å². The average molecular weight is 615 g/mol. The lowest BCUT2D eigenvalue weighted by Gasteiger charge is -2.21. The number of rotatable bonds is 9. The Balaban J connectivity index is 1.29. The van der Waals surface area contributed by atoms with Gasteiger partial charge in [0.2, 0.25) is 5.88 Å². The normalized spacial score (nSPS) is 16.2. The number of ether oxygens (including phenoxy) is 3. The van der Waals surface area contributed by atoms with Crippen LogP contribution in [0.5, 0.6) is 5.88 Å². The standard InChI is InChI=1S/C33H25F3N4O5/c1-43-30-17-44-16-29(30)40-28-11-19(33(41)42)7-8-27(28)38-31(40)12-21-10-25(36)22(13-24(21)35)26-3-2-4-32(39-26)45-15-20-6-5-18(14-37)9-23(20)34/h2-11,13,29-30H,12,15-17H2,1H3,(H,41,42)/t29-,30-/m0/s1. The van der Waals surface area contributed by atoms with Gasteiger partial charge in [-0.1, -0.05) is 12.1 Å². The number of hydrogen-bond acceptors (Lipinski definition) is 7. The third kappa shape index (κ3) is 5.95. The van der Waals surface area contributed by atoms with Gasteiger partial charge in [-0.15, -0.1) is 0 Å². The summed E-state index contributed by atoms with van der Waals surface area (Å²) in [5, 5.41) is 18.5. The summed E-state index contributed by atoms with van der Waals surface area (Å²) in [5.41, 5.74) is 1.48.